The largest absolute Gasteiger partial charge is 0.393 e. The summed E-state index contributed by atoms with van der Waals surface area (Å²) < 4.78 is 26.4. The predicted octanol–water partition coefficient (Wildman–Crippen LogP) is 1.04. The van der Waals surface area contributed by atoms with Gasteiger partial charge in [-0.25, -0.2) is 13.1 Å². The average molecular weight is 255 g/mol. The molecule has 1 saturated carbocycles. The standard InChI is InChI=1S/C12H17NO3S/c1-9-2-4-12(5-3-9)17(15,16)13-8-10-6-11(14)7-10/h2-5,10-11,13-14H,6-8H2,1H3. The summed E-state index contributed by atoms with van der Waals surface area (Å²) in [5, 5.41) is 9.12. The fourth-order valence-electron chi connectivity index (χ4n) is 1.90. The highest BCUT2D eigenvalue weighted by molar-refractivity contribution is 7.89. The van der Waals surface area contributed by atoms with E-state index in [-0.39, 0.29) is 12.0 Å². The van der Waals surface area contributed by atoms with Crippen molar-refractivity contribution in [1.29, 1.82) is 0 Å². The zero-order valence-corrected chi connectivity index (χ0v) is 10.6. The number of nitrogens with one attached hydrogen (secondary N) is 1. The van der Waals surface area contributed by atoms with E-state index in [1.165, 1.54) is 0 Å². The van der Waals surface area contributed by atoms with E-state index in [9.17, 15) is 8.42 Å². The first kappa shape index (κ1) is 12.5. The van der Waals surface area contributed by atoms with Crippen LogP contribution in [-0.4, -0.2) is 26.2 Å². The molecule has 2 N–H and O–H groups in total. The molecule has 1 aromatic rings. The lowest BCUT2D eigenvalue weighted by Gasteiger charge is -2.31. The smallest absolute Gasteiger partial charge is 0.240 e. The van der Waals surface area contributed by atoms with Crippen LogP contribution in [0.15, 0.2) is 29.2 Å². The summed E-state index contributed by atoms with van der Waals surface area (Å²) >= 11 is 0. The Balaban J connectivity index is 1.96. The molecule has 0 amide bonds. The molecule has 0 aliphatic heterocycles. The van der Waals surface area contributed by atoms with Gasteiger partial charge in [-0.05, 0) is 37.8 Å². The number of aryl methyl sites for hydroxylation is 1. The van der Waals surface area contributed by atoms with Crippen LogP contribution < -0.4 is 4.72 Å². The van der Waals surface area contributed by atoms with Gasteiger partial charge in [0, 0.05) is 6.54 Å². The Labute approximate surface area is 102 Å². The molecule has 2 rings (SSSR count). The van der Waals surface area contributed by atoms with Gasteiger partial charge in [0.25, 0.3) is 0 Å². The van der Waals surface area contributed by atoms with E-state index in [4.69, 9.17) is 5.11 Å². The molecule has 1 aliphatic carbocycles. The van der Waals surface area contributed by atoms with Gasteiger partial charge < -0.3 is 5.11 Å². The third kappa shape index (κ3) is 3.06. The van der Waals surface area contributed by atoms with E-state index in [1.54, 1.807) is 24.3 Å². The normalized spacial score (nSPS) is 24.4. The van der Waals surface area contributed by atoms with Gasteiger partial charge in [0.2, 0.25) is 10.0 Å². The van der Waals surface area contributed by atoms with Crippen molar-refractivity contribution < 1.29 is 13.5 Å². The molecular formula is C12H17NO3S. The fourth-order valence-corrected chi connectivity index (χ4v) is 3.01. The van der Waals surface area contributed by atoms with Gasteiger partial charge in [-0.15, -0.1) is 0 Å². The molecule has 94 valence electrons. The van der Waals surface area contributed by atoms with Gasteiger partial charge in [-0.1, -0.05) is 17.7 Å². The second-order valence-electron chi connectivity index (χ2n) is 4.66. The van der Waals surface area contributed by atoms with Crippen molar-refractivity contribution in [3.05, 3.63) is 29.8 Å². The number of benzene rings is 1. The SMILES string of the molecule is Cc1ccc(S(=O)(=O)NCC2CC(O)C2)cc1. The molecule has 17 heavy (non-hydrogen) atoms. The van der Waals surface area contributed by atoms with E-state index in [2.05, 4.69) is 4.72 Å². The van der Waals surface area contributed by atoms with Gasteiger partial charge in [0.15, 0.2) is 0 Å². The van der Waals surface area contributed by atoms with Crippen LogP contribution in [0.2, 0.25) is 0 Å². The van der Waals surface area contributed by atoms with Crippen molar-refractivity contribution in [2.75, 3.05) is 6.54 Å². The maximum atomic E-state index is 11.9. The highest BCUT2D eigenvalue weighted by Crippen LogP contribution is 2.26. The number of hydrogen-bond donors (Lipinski definition) is 2. The number of aliphatic hydroxyl groups is 1. The zero-order valence-electron chi connectivity index (χ0n) is 9.76. The van der Waals surface area contributed by atoms with Crippen LogP contribution >= 0.6 is 0 Å². The maximum Gasteiger partial charge on any atom is 0.240 e. The van der Waals surface area contributed by atoms with Crippen molar-refractivity contribution in [1.82, 2.24) is 4.72 Å². The Morgan fingerprint density at radius 2 is 1.88 bits per heavy atom. The molecule has 1 aliphatic rings. The highest BCUT2D eigenvalue weighted by atomic mass is 32.2. The Morgan fingerprint density at radius 3 is 2.41 bits per heavy atom. The van der Waals surface area contributed by atoms with Crippen molar-refractivity contribution in [3.8, 4) is 0 Å². The van der Waals surface area contributed by atoms with Gasteiger partial charge in [-0.3, -0.25) is 0 Å². The van der Waals surface area contributed by atoms with Crippen LogP contribution in [0.4, 0.5) is 0 Å². The molecule has 0 aromatic heterocycles. The van der Waals surface area contributed by atoms with Crippen LogP contribution in [0.25, 0.3) is 0 Å². The Morgan fingerprint density at radius 1 is 1.29 bits per heavy atom. The Kier molecular flexibility index (Phi) is 3.51. The number of aliphatic hydroxyl groups excluding tert-OH is 1. The lowest BCUT2D eigenvalue weighted by Crippen LogP contribution is -2.38. The molecule has 5 heteroatoms. The monoisotopic (exact) mass is 255 g/mol. The molecule has 0 unspecified atom stereocenters. The minimum atomic E-state index is -3.40. The van der Waals surface area contributed by atoms with E-state index in [0.717, 1.165) is 5.56 Å². The second kappa shape index (κ2) is 4.76. The van der Waals surface area contributed by atoms with Crippen LogP contribution in [0.3, 0.4) is 0 Å². The summed E-state index contributed by atoms with van der Waals surface area (Å²) in [4.78, 5) is 0.294. The van der Waals surface area contributed by atoms with Gasteiger partial charge >= 0.3 is 0 Å². The van der Waals surface area contributed by atoms with E-state index < -0.39 is 10.0 Å². The molecule has 0 bridgehead atoms. The number of hydrogen-bond acceptors (Lipinski definition) is 3. The summed E-state index contributed by atoms with van der Waals surface area (Å²) in [5.41, 5.74) is 1.03. The second-order valence-corrected chi connectivity index (χ2v) is 6.42. The summed E-state index contributed by atoms with van der Waals surface area (Å²) in [7, 11) is -3.40. The average Bonchev–Trinajstić information content (AvgIpc) is 2.23. The summed E-state index contributed by atoms with van der Waals surface area (Å²) in [6.07, 6.45) is 1.14. The van der Waals surface area contributed by atoms with E-state index in [0.29, 0.717) is 24.3 Å². The van der Waals surface area contributed by atoms with Crippen LogP contribution in [0, 0.1) is 12.8 Å². The van der Waals surface area contributed by atoms with E-state index in [1.807, 2.05) is 6.92 Å². The Hall–Kier alpha value is -0.910. The third-order valence-corrected chi connectivity index (χ3v) is 4.54. The number of sulfonamides is 1. The van der Waals surface area contributed by atoms with Gasteiger partial charge in [0.05, 0.1) is 11.0 Å². The summed E-state index contributed by atoms with van der Waals surface area (Å²) in [6.45, 7) is 2.33. The minimum absolute atomic E-state index is 0.246. The molecule has 1 fully saturated rings. The summed E-state index contributed by atoms with van der Waals surface area (Å²) in [6, 6.07) is 6.77. The first-order chi connectivity index (χ1) is 7.97. The molecule has 4 nitrogen and oxygen atoms in total. The quantitative estimate of drug-likeness (QED) is 0.845. The van der Waals surface area contributed by atoms with Crippen LogP contribution in [-0.2, 0) is 10.0 Å². The first-order valence-electron chi connectivity index (χ1n) is 5.72. The van der Waals surface area contributed by atoms with E-state index >= 15 is 0 Å². The topological polar surface area (TPSA) is 66.4 Å². The minimum Gasteiger partial charge on any atom is -0.393 e. The highest BCUT2D eigenvalue weighted by Gasteiger charge is 2.28. The zero-order chi connectivity index (χ0) is 12.5. The van der Waals surface area contributed by atoms with Crippen molar-refractivity contribution in [3.63, 3.8) is 0 Å². The van der Waals surface area contributed by atoms with Crippen molar-refractivity contribution in [2.45, 2.75) is 30.8 Å². The predicted molar refractivity (Wildman–Crippen MR) is 65.1 cm³/mol. The molecule has 0 heterocycles. The fraction of sp³-hybridized carbons (Fsp3) is 0.500. The summed E-state index contributed by atoms with van der Waals surface area (Å²) in [5.74, 6) is 0.269. The van der Waals surface area contributed by atoms with Crippen LogP contribution in [0.5, 0.6) is 0 Å². The van der Waals surface area contributed by atoms with Gasteiger partial charge in [-0.2, -0.15) is 0 Å². The molecule has 0 spiro atoms. The molecule has 1 aromatic carbocycles. The molecule has 0 radical (unpaired) electrons. The number of rotatable bonds is 4. The molecule has 0 atom stereocenters. The Bertz CT molecular complexity index is 475. The first-order valence-corrected chi connectivity index (χ1v) is 7.20. The molecule has 0 saturated heterocycles. The maximum absolute atomic E-state index is 11.9. The van der Waals surface area contributed by atoms with Crippen LogP contribution in [0.1, 0.15) is 18.4 Å². The van der Waals surface area contributed by atoms with Gasteiger partial charge in [0.1, 0.15) is 0 Å². The lowest BCUT2D eigenvalue weighted by molar-refractivity contribution is 0.0453. The molecular weight excluding hydrogens is 238 g/mol. The lowest BCUT2D eigenvalue weighted by atomic mass is 9.83. The van der Waals surface area contributed by atoms with Crippen molar-refractivity contribution >= 4 is 10.0 Å². The third-order valence-electron chi connectivity index (χ3n) is 3.10. The van der Waals surface area contributed by atoms with Crippen molar-refractivity contribution in [2.24, 2.45) is 5.92 Å².